The third-order valence-corrected chi connectivity index (χ3v) is 6.03. The Morgan fingerprint density at radius 3 is 2.06 bits per heavy atom. The van der Waals surface area contributed by atoms with Gasteiger partial charge in [0.05, 0.1) is 10.6 Å². The number of nitrogens with one attached hydrogen (secondary N) is 4. The van der Waals surface area contributed by atoms with Gasteiger partial charge < -0.3 is 16.0 Å². The summed E-state index contributed by atoms with van der Waals surface area (Å²) < 4.78 is 27.2. The molecular formula is C24H20N4O4S. The fourth-order valence-corrected chi connectivity index (χ4v) is 4.17. The van der Waals surface area contributed by atoms with Gasteiger partial charge in [0.25, 0.3) is 10.0 Å². The van der Waals surface area contributed by atoms with Crippen LogP contribution in [0.15, 0.2) is 102 Å². The molecule has 4 rings (SSSR count). The molecule has 0 heterocycles. The van der Waals surface area contributed by atoms with E-state index in [2.05, 4.69) is 16.0 Å². The van der Waals surface area contributed by atoms with Crippen LogP contribution in [0.3, 0.4) is 0 Å². The standard InChI is InChI=1S/C24H20N4O4S/c29-23(27-22-15-6-9-17-8-4-5-14-21(17)22)26-19-12-7-13-20(16-19)33(31,32)28-24(30)25-18-10-2-1-3-11-18/h1-16H,(H2,25,28,30)(H2,26,27,29). The van der Waals surface area contributed by atoms with Crippen molar-refractivity contribution in [3.8, 4) is 0 Å². The van der Waals surface area contributed by atoms with Crippen molar-refractivity contribution in [2.24, 2.45) is 0 Å². The summed E-state index contributed by atoms with van der Waals surface area (Å²) in [6.45, 7) is 0. The fourth-order valence-electron chi connectivity index (χ4n) is 3.22. The van der Waals surface area contributed by atoms with Crippen LogP contribution < -0.4 is 20.7 Å². The minimum atomic E-state index is -4.16. The lowest BCUT2D eigenvalue weighted by Crippen LogP contribution is -2.34. The number of hydrogen-bond acceptors (Lipinski definition) is 4. The molecule has 0 aromatic heterocycles. The maximum atomic E-state index is 12.6. The van der Waals surface area contributed by atoms with Crippen molar-refractivity contribution in [2.45, 2.75) is 4.90 Å². The smallest absolute Gasteiger partial charge is 0.308 e. The molecule has 4 amide bonds. The molecule has 0 radical (unpaired) electrons. The van der Waals surface area contributed by atoms with E-state index in [0.29, 0.717) is 11.4 Å². The first kappa shape index (κ1) is 21.8. The summed E-state index contributed by atoms with van der Waals surface area (Å²) >= 11 is 0. The Morgan fingerprint density at radius 2 is 1.24 bits per heavy atom. The van der Waals surface area contributed by atoms with E-state index in [4.69, 9.17) is 0 Å². The molecule has 4 aromatic carbocycles. The Hall–Kier alpha value is -4.37. The Labute approximate surface area is 190 Å². The number of benzene rings is 4. The van der Waals surface area contributed by atoms with E-state index in [0.717, 1.165) is 10.8 Å². The maximum Gasteiger partial charge on any atom is 0.333 e. The number of carbonyl (C=O) groups excluding carboxylic acids is 2. The minimum absolute atomic E-state index is 0.173. The zero-order valence-corrected chi connectivity index (χ0v) is 18.1. The van der Waals surface area contributed by atoms with Crippen molar-refractivity contribution in [3.05, 3.63) is 97.1 Å². The molecule has 0 spiro atoms. The van der Waals surface area contributed by atoms with E-state index in [9.17, 15) is 18.0 Å². The normalized spacial score (nSPS) is 10.9. The summed E-state index contributed by atoms with van der Waals surface area (Å²) in [5, 5.41) is 9.69. The Kier molecular flexibility index (Phi) is 6.23. The number of sulfonamides is 1. The molecule has 33 heavy (non-hydrogen) atoms. The highest BCUT2D eigenvalue weighted by Crippen LogP contribution is 2.23. The molecule has 9 heteroatoms. The molecule has 0 saturated carbocycles. The van der Waals surface area contributed by atoms with E-state index in [1.165, 1.54) is 18.2 Å². The van der Waals surface area contributed by atoms with Crippen molar-refractivity contribution in [3.63, 3.8) is 0 Å². The number of amides is 4. The highest BCUT2D eigenvalue weighted by atomic mass is 32.2. The predicted octanol–water partition coefficient (Wildman–Crippen LogP) is 4.99. The molecule has 0 saturated heterocycles. The first-order valence-electron chi connectivity index (χ1n) is 9.95. The Bertz CT molecular complexity index is 1420. The van der Waals surface area contributed by atoms with Crippen molar-refractivity contribution >= 4 is 49.9 Å². The van der Waals surface area contributed by atoms with Gasteiger partial charge in [0.15, 0.2) is 0 Å². The van der Waals surface area contributed by atoms with Crippen LogP contribution in [0.25, 0.3) is 10.8 Å². The van der Waals surface area contributed by atoms with Crippen LogP contribution in [-0.2, 0) is 10.0 Å². The number of urea groups is 2. The summed E-state index contributed by atoms with van der Waals surface area (Å²) in [6.07, 6.45) is 0. The molecule has 0 fully saturated rings. The molecule has 0 atom stereocenters. The summed E-state index contributed by atoms with van der Waals surface area (Å²) in [5.41, 5.74) is 1.32. The number of hydrogen-bond donors (Lipinski definition) is 4. The van der Waals surface area contributed by atoms with Gasteiger partial charge in [-0.1, -0.05) is 60.7 Å². The van der Waals surface area contributed by atoms with Gasteiger partial charge >= 0.3 is 12.1 Å². The first-order valence-corrected chi connectivity index (χ1v) is 11.4. The molecule has 166 valence electrons. The van der Waals surface area contributed by atoms with Crippen molar-refractivity contribution < 1.29 is 18.0 Å². The van der Waals surface area contributed by atoms with Crippen molar-refractivity contribution in [1.29, 1.82) is 0 Å². The number of fused-ring (bicyclic) bond motifs is 1. The average molecular weight is 461 g/mol. The van der Waals surface area contributed by atoms with E-state index < -0.39 is 22.1 Å². The first-order chi connectivity index (χ1) is 15.9. The Balaban J connectivity index is 1.44. The quantitative estimate of drug-likeness (QED) is 0.335. The lowest BCUT2D eigenvalue weighted by molar-refractivity contribution is 0.256. The van der Waals surface area contributed by atoms with Crippen molar-refractivity contribution in [1.82, 2.24) is 4.72 Å². The minimum Gasteiger partial charge on any atom is -0.308 e. The second kappa shape index (κ2) is 9.41. The van der Waals surface area contributed by atoms with Gasteiger partial charge in [-0.05, 0) is 41.8 Å². The SMILES string of the molecule is O=C(Nc1cccc(S(=O)(=O)NC(=O)Nc2ccccc2)c1)Nc1cccc2ccccc12. The van der Waals surface area contributed by atoms with Gasteiger partial charge in [-0.3, -0.25) is 0 Å². The highest BCUT2D eigenvalue weighted by Gasteiger charge is 2.18. The average Bonchev–Trinajstić information content (AvgIpc) is 2.80. The molecule has 0 aliphatic rings. The molecule has 0 aliphatic carbocycles. The lowest BCUT2D eigenvalue weighted by atomic mass is 10.1. The summed E-state index contributed by atoms with van der Waals surface area (Å²) in [6, 6.07) is 25.8. The third kappa shape index (κ3) is 5.46. The molecule has 0 aliphatic heterocycles. The van der Waals surface area contributed by atoms with Crippen LogP contribution in [0.2, 0.25) is 0 Å². The second-order valence-corrected chi connectivity index (χ2v) is 8.74. The number of para-hydroxylation sites is 1. The van der Waals surface area contributed by atoms with Crippen molar-refractivity contribution in [2.75, 3.05) is 16.0 Å². The van der Waals surface area contributed by atoms with Crippen LogP contribution in [0.4, 0.5) is 26.7 Å². The lowest BCUT2D eigenvalue weighted by Gasteiger charge is -2.12. The Morgan fingerprint density at radius 1 is 0.606 bits per heavy atom. The maximum absolute atomic E-state index is 12.6. The molecule has 4 aromatic rings. The van der Waals surface area contributed by atoms with Crippen LogP contribution >= 0.6 is 0 Å². The van der Waals surface area contributed by atoms with Gasteiger partial charge in [0.1, 0.15) is 0 Å². The molecule has 0 bridgehead atoms. The van der Waals surface area contributed by atoms with Crippen LogP contribution in [0, 0.1) is 0 Å². The monoisotopic (exact) mass is 460 g/mol. The van der Waals surface area contributed by atoms with E-state index in [1.807, 2.05) is 41.1 Å². The molecule has 8 nitrogen and oxygen atoms in total. The van der Waals surface area contributed by atoms with Gasteiger partial charge in [0.2, 0.25) is 0 Å². The summed E-state index contributed by atoms with van der Waals surface area (Å²) in [7, 11) is -4.16. The fraction of sp³-hybridized carbons (Fsp3) is 0. The third-order valence-electron chi connectivity index (χ3n) is 4.70. The van der Waals surface area contributed by atoms with Crippen LogP contribution in [0.5, 0.6) is 0 Å². The zero-order valence-electron chi connectivity index (χ0n) is 17.3. The van der Waals surface area contributed by atoms with Gasteiger partial charge in [0, 0.05) is 16.8 Å². The highest BCUT2D eigenvalue weighted by molar-refractivity contribution is 7.90. The van der Waals surface area contributed by atoms with Gasteiger partial charge in [-0.25, -0.2) is 22.7 Å². The molecule has 0 unspecified atom stereocenters. The predicted molar refractivity (Wildman–Crippen MR) is 129 cm³/mol. The summed E-state index contributed by atoms with van der Waals surface area (Å²) in [4.78, 5) is 24.4. The number of rotatable bonds is 5. The number of carbonyl (C=O) groups is 2. The van der Waals surface area contributed by atoms with E-state index in [1.54, 1.807) is 42.5 Å². The zero-order chi connectivity index (χ0) is 23.3. The largest absolute Gasteiger partial charge is 0.333 e. The van der Waals surface area contributed by atoms with Crippen LogP contribution in [-0.4, -0.2) is 20.5 Å². The summed E-state index contributed by atoms with van der Waals surface area (Å²) in [5.74, 6) is 0. The van der Waals surface area contributed by atoms with Gasteiger partial charge in [-0.15, -0.1) is 0 Å². The van der Waals surface area contributed by atoms with Gasteiger partial charge in [-0.2, -0.15) is 0 Å². The topological polar surface area (TPSA) is 116 Å². The molecule has 4 N–H and O–H groups in total. The van der Waals surface area contributed by atoms with E-state index >= 15 is 0 Å². The second-order valence-electron chi connectivity index (χ2n) is 7.06. The number of anilines is 3. The van der Waals surface area contributed by atoms with E-state index in [-0.39, 0.29) is 10.6 Å². The van der Waals surface area contributed by atoms with Crippen LogP contribution in [0.1, 0.15) is 0 Å². The molecular weight excluding hydrogens is 440 g/mol.